The smallest absolute Gasteiger partial charge is 0.449 e. The summed E-state index contributed by atoms with van der Waals surface area (Å²) in [5, 5.41) is 25.9. The number of carbonyl (C=O) groups is 3. The van der Waals surface area contributed by atoms with Gasteiger partial charge in [0.15, 0.2) is 0 Å². The van der Waals surface area contributed by atoms with E-state index in [1.807, 2.05) is 14.0 Å². The Bertz CT molecular complexity index is 811. The standard InChI is InChI=1S/C20H30N4O6S/c1-10-15-14(11(2)25)17(26)23(15)18(30-20(28)29)16(10)31-12-8-13(22-9-12)19(27)24(3)6-4-21-5-7-24/h10-15,21-22,25H,4-9H2,1-3H3/p+1/t10?,11?,12?,13?,14?,15-/m1/s1. The Hall–Kier alpha value is -1.66. The molecule has 0 aromatic carbocycles. The number of thioether (sulfide) groups is 1. The summed E-state index contributed by atoms with van der Waals surface area (Å²) in [7, 11) is 1.98. The highest BCUT2D eigenvalue weighted by atomic mass is 32.2. The van der Waals surface area contributed by atoms with Crippen LogP contribution in [-0.4, -0.2) is 101 Å². The third-order valence-electron chi connectivity index (χ3n) is 7.03. The largest absolute Gasteiger partial charge is 0.512 e. The van der Waals surface area contributed by atoms with Gasteiger partial charge in [-0.15, -0.1) is 11.8 Å². The van der Waals surface area contributed by atoms with E-state index in [0.717, 1.165) is 26.2 Å². The number of hydrogen-bond donors (Lipinski definition) is 4. The average molecular weight is 456 g/mol. The normalized spacial score (nSPS) is 35.5. The van der Waals surface area contributed by atoms with Crippen molar-refractivity contribution in [2.24, 2.45) is 11.8 Å². The fourth-order valence-electron chi connectivity index (χ4n) is 5.25. The number of rotatable bonds is 5. The molecule has 11 heteroatoms. The third-order valence-corrected chi connectivity index (χ3v) is 8.52. The van der Waals surface area contributed by atoms with Crippen molar-refractivity contribution in [3.63, 3.8) is 0 Å². The van der Waals surface area contributed by atoms with E-state index >= 15 is 0 Å². The molecule has 4 aliphatic heterocycles. The maximum atomic E-state index is 13.1. The Balaban J connectivity index is 1.48. The summed E-state index contributed by atoms with van der Waals surface area (Å²) in [4.78, 5) is 39.0. The van der Waals surface area contributed by atoms with E-state index in [-0.39, 0.29) is 40.9 Å². The van der Waals surface area contributed by atoms with Gasteiger partial charge in [-0.3, -0.25) is 14.2 Å². The minimum atomic E-state index is -1.47. The van der Waals surface area contributed by atoms with Gasteiger partial charge in [0.1, 0.15) is 6.04 Å². The molecule has 31 heavy (non-hydrogen) atoms. The number of quaternary nitrogens is 1. The maximum absolute atomic E-state index is 13.1. The summed E-state index contributed by atoms with van der Waals surface area (Å²) < 4.78 is 5.44. The number of fused-ring (bicyclic) bond motifs is 1. The summed E-state index contributed by atoms with van der Waals surface area (Å²) in [6, 6.07) is -0.549. The van der Waals surface area contributed by atoms with Gasteiger partial charge in [-0.2, -0.15) is 0 Å². The highest BCUT2D eigenvalue weighted by molar-refractivity contribution is 8.03. The molecule has 3 saturated heterocycles. The maximum Gasteiger partial charge on any atom is 0.512 e. The molecule has 10 nitrogen and oxygen atoms in total. The number of aliphatic hydroxyl groups is 1. The number of β-lactam (4-membered cyclic amide) rings is 1. The quantitative estimate of drug-likeness (QED) is 0.252. The van der Waals surface area contributed by atoms with Crippen LogP contribution in [0.4, 0.5) is 4.79 Å². The predicted molar refractivity (Wildman–Crippen MR) is 113 cm³/mol. The number of nitrogens with one attached hydrogen (secondary N) is 2. The summed E-state index contributed by atoms with van der Waals surface area (Å²) in [6.07, 6.45) is -1.65. The molecule has 4 heterocycles. The molecule has 2 amide bonds. The second-order valence-corrected chi connectivity index (χ2v) is 10.5. The van der Waals surface area contributed by atoms with Gasteiger partial charge in [-0.25, -0.2) is 9.59 Å². The molecule has 0 bridgehead atoms. The Morgan fingerprint density at radius 3 is 2.61 bits per heavy atom. The molecule has 0 aromatic heterocycles. The lowest BCUT2D eigenvalue weighted by Crippen LogP contribution is -2.63. The van der Waals surface area contributed by atoms with Gasteiger partial charge in [0, 0.05) is 30.8 Å². The van der Waals surface area contributed by atoms with Crippen molar-refractivity contribution < 1.29 is 33.8 Å². The van der Waals surface area contributed by atoms with E-state index in [9.17, 15) is 24.6 Å². The summed E-state index contributed by atoms with van der Waals surface area (Å²) in [6.45, 7) is 7.31. The zero-order chi connectivity index (χ0) is 22.5. The van der Waals surface area contributed by atoms with Gasteiger partial charge in [0.05, 0.1) is 43.1 Å². The van der Waals surface area contributed by atoms with Crippen LogP contribution in [0.3, 0.4) is 0 Å². The Morgan fingerprint density at radius 1 is 1.32 bits per heavy atom. The van der Waals surface area contributed by atoms with Crippen molar-refractivity contribution in [1.29, 1.82) is 0 Å². The number of carbonyl (C=O) groups excluding carboxylic acids is 2. The number of piperazine rings is 1. The molecule has 4 aliphatic rings. The highest BCUT2D eigenvalue weighted by Gasteiger charge is 2.60. The Labute approximate surface area is 185 Å². The minimum Gasteiger partial charge on any atom is -0.449 e. The van der Waals surface area contributed by atoms with Crippen molar-refractivity contribution in [1.82, 2.24) is 15.5 Å². The van der Waals surface area contributed by atoms with Gasteiger partial charge < -0.3 is 25.6 Å². The first-order chi connectivity index (χ1) is 14.6. The lowest BCUT2D eigenvalue weighted by Gasteiger charge is -2.45. The molecule has 0 spiro atoms. The SMILES string of the molecule is CC(O)C1C(=O)N2C(OC(=O)O)=C(SC3CNC(C(=O)[N+]4(C)CCNCC4)C3)C(C)[C@H]12. The lowest BCUT2D eigenvalue weighted by atomic mass is 9.79. The summed E-state index contributed by atoms with van der Waals surface area (Å²) >= 11 is 1.48. The first-order valence-electron chi connectivity index (χ1n) is 10.8. The van der Waals surface area contributed by atoms with Gasteiger partial charge in [-0.1, -0.05) is 6.92 Å². The lowest BCUT2D eigenvalue weighted by molar-refractivity contribution is -0.837. The van der Waals surface area contributed by atoms with Gasteiger partial charge in [0.25, 0.3) is 0 Å². The number of aliphatic hydroxyl groups excluding tert-OH is 1. The average Bonchev–Trinajstić information content (AvgIpc) is 3.24. The van der Waals surface area contributed by atoms with E-state index < -0.39 is 18.2 Å². The molecular weight excluding hydrogens is 424 g/mol. The third kappa shape index (κ3) is 3.86. The van der Waals surface area contributed by atoms with Crippen LogP contribution >= 0.6 is 11.8 Å². The van der Waals surface area contributed by atoms with Crippen molar-refractivity contribution in [2.45, 2.75) is 43.7 Å². The van der Waals surface area contributed by atoms with Crippen LogP contribution in [-0.2, 0) is 14.3 Å². The molecule has 0 aliphatic carbocycles. The minimum absolute atomic E-state index is 0.0621. The van der Waals surface area contributed by atoms with E-state index in [0.29, 0.717) is 22.4 Å². The van der Waals surface area contributed by atoms with Crippen molar-refractivity contribution in [2.75, 3.05) is 39.8 Å². The van der Waals surface area contributed by atoms with E-state index in [2.05, 4.69) is 10.6 Å². The molecule has 172 valence electrons. The molecule has 4 rings (SSSR count). The van der Waals surface area contributed by atoms with Crippen LogP contribution in [0.2, 0.25) is 0 Å². The summed E-state index contributed by atoms with van der Waals surface area (Å²) in [5.74, 6) is -0.772. The number of amides is 2. The monoisotopic (exact) mass is 455 g/mol. The molecule has 5 unspecified atom stereocenters. The fourth-order valence-corrected chi connectivity index (χ4v) is 6.67. The van der Waals surface area contributed by atoms with Crippen LogP contribution in [0.5, 0.6) is 0 Å². The van der Waals surface area contributed by atoms with Crippen LogP contribution in [0.15, 0.2) is 10.8 Å². The number of ether oxygens (including phenoxy) is 1. The van der Waals surface area contributed by atoms with Gasteiger partial charge in [0.2, 0.25) is 11.8 Å². The number of likely N-dealkylation sites (N-methyl/N-ethyl adjacent to an activating group) is 1. The highest BCUT2D eigenvalue weighted by Crippen LogP contribution is 2.52. The van der Waals surface area contributed by atoms with Gasteiger partial charge >= 0.3 is 12.1 Å². The van der Waals surface area contributed by atoms with Crippen LogP contribution < -0.4 is 10.6 Å². The van der Waals surface area contributed by atoms with Crippen molar-refractivity contribution in [3.8, 4) is 0 Å². The molecule has 4 N–H and O–H groups in total. The van der Waals surface area contributed by atoms with Crippen LogP contribution in [0.1, 0.15) is 20.3 Å². The molecule has 0 saturated carbocycles. The molecule has 0 aromatic rings. The zero-order valence-electron chi connectivity index (χ0n) is 18.0. The van der Waals surface area contributed by atoms with E-state index in [1.54, 1.807) is 6.92 Å². The topological polar surface area (TPSA) is 128 Å². The summed E-state index contributed by atoms with van der Waals surface area (Å²) in [5.41, 5.74) is 0. The zero-order valence-corrected chi connectivity index (χ0v) is 18.9. The van der Waals surface area contributed by atoms with Crippen molar-refractivity contribution >= 4 is 29.7 Å². The Morgan fingerprint density at radius 2 is 2.00 bits per heavy atom. The number of hydrogen-bond acceptors (Lipinski definition) is 8. The van der Waals surface area contributed by atoms with Crippen molar-refractivity contribution in [3.05, 3.63) is 10.8 Å². The molecule has 0 radical (unpaired) electrons. The molecular formula is C20H31N4O6S+. The number of nitrogens with zero attached hydrogens (tertiary/aromatic N) is 2. The fraction of sp³-hybridized carbons (Fsp3) is 0.750. The second-order valence-electron chi connectivity index (χ2n) is 9.16. The van der Waals surface area contributed by atoms with Crippen LogP contribution in [0, 0.1) is 11.8 Å². The van der Waals surface area contributed by atoms with E-state index in [1.165, 1.54) is 16.7 Å². The molecule has 3 fully saturated rings. The molecule has 6 atom stereocenters. The first-order valence-corrected chi connectivity index (χ1v) is 11.7. The van der Waals surface area contributed by atoms with Gasteiger partial charge in [-0.05, 0) is 13.3 Å². The van der Waals surface area contributed by atoms with Crippen LogP contribution in [0.25, 0.3) is 0 Å². The van der Waals surface area contributed by atoms with E-state index in [4.69, 9.17) is 4.74 Å². The number of carboxylic acid groups (broad SMARTS) is 1. The first kappa shape index (κ1) is 22.5. The Kier molecular flexibility index (Phi) is 6.08. The predicted octanol–water partition coefficient (Wildman–Crippen LogP) is -0.252. The second kappa shape index (κ2) is 8.36.